The third-order valence-electron chi connectivity index (χ3n) is 4.70. The van der Waals surface area contributed by atoms with E-state index in [-0.39, 0.29) is 11.7 Å². The zero-order chi connectivity index (χ0) is 19.3. The Hall–Kier alpha value is -3.10. The van der Waals surface area contributed by atoms with Gasteiger partial charge < -0.3 is 4.74 Å². The van der Waals surface area contributed by atoms with Gasteiger partial charge >= 0.3 is 0 Å². The lowest BCUT2D eigenvalue weighted by Crippen LogP contribution is -2.01. The summed E-state index contributed by atoms with van der Waals surface area (Å²) in [6, 6.07) is 29.9. The summed E-state index contributed by atoms with van der Waals surface area (Å²) in [5, 5.41) is 2.03. The highest BCUT2D eigenvalue weighted by Gasteiger charge is 2.12. The van der Waals surface area contributed by atoms with Crippen LogP contribution in [0.15, 0.2) is 91.0 Å². The number of rotatable bonds is 6. The van der Waals surface area contributed by atoms with E-state index >= 15 is 0 Å². The van der Waals surface area contributed by atoms with Crippen molar-refractivity contribution in [2.45, 2.75) is 6.61 Å². The molecule has 3 heteroatoms. The number of fused-ring (bicyclic) bond motifs is 1. The number of ether oxygens (including phenoxy) is 1. The molecule has 0 heterocycles. The van der Waals surface area contributed by atoms with Crippen LogP contribution >= 0.6 is 11.6 Å². The third-order valence-corrected chi connectivity index (χ3v) is 4.94. The fraction of sp³-hybridized carbons (Fsp3) is 0.0800. The molecule has 4 rings (SSSR count). The second-order valence-electron chi connectivity index (χ2n) is 6.60. The van der Waals surface area contributed by atoms with Crippen LogP contribution in [-0.4, -0.2) is 11.7 Å². The Morgan fingerprint density at radius 3 is 2.25 bits per heavy atom. The second-order valence-corrected chi connectivity index (χ2v) is 6.87. The predicted octanol–water partition coefficient (Wildman–Crippen LogP) is 6.51. The average molecular weight is 387 g/mol. The molecule has 0 amide bonds. The van der Waals surface area contributed by atoms with Gasteiger partial charge in [0.15, 0.2) is 5.78 Å². The summed E-state index contributed by atoms with van der Waals surface area (Å²) in [5.74, 6) is 0.645. The molecule has 0 aliphatic rings. The highest BCUT2D eigenvalue weighted by Crippen LogP contribution is 2.33. The smallest absolute Gasteiger partial charge is 0.177 e. The number of hydrogen-bond acceptors (Lipinski definition) is 2. The molecule has 0 radical (unpaired) electrons. The molecule has 0 saturated heterocycles. The maximum Gasteiger partial charge on any atom is 0.177 e. The summed E-state index contributed by atoms with van der Waals surface area (Å²) in [4.78, 5) is 12.3. The van der Waals surface area contributed by atoms with Crippen LogP contribution in [0.25, 0.3) is 21.9 Å². The lowest BCUT2D eigenvalue weighted by atomic mass is 9.94. The number of Topliss-reactive ketones (excluding diaryl/α,β-unsaturated/α-hetero) is 1. The minimum Gasteiger partial charge on any atom is -0.489 e. The predicted molar refractivity (Wildman–Crippen MR) is 115 cm³/mol. The molecule has 0 fully saturated rings. The van der Waals surface area contributed by atoms with E-state index in [0.29, 0.717) is 12.2 Å². The highest BCUT2D eigenvalue weighted by atomic mass is 35.5. The number of alkyl halides is 1. The van der Waals surface area contributed by atoms with Crippen molar-refractivity contribution >= 4 is 28.2 Å². The second kappa shape index (κ2) is 8.28. The van der Waals surface area contributed by atoms with Crippen molar-refractivity contribution in [2.24, 2.45) is 0 Å². The van der Waals surface area contributed by atoms with Gasteiger partial charge in [0, 0.05) is 5.56 Å². The van der Waals surface area contributed by atoms with E-state index in [1.165, 1.54) is 0 Å². The van der Waals surface area contributed by atoms with Gasteiger partial charge in [0.05, 0.1) is 5.88 Å². The Bertz CT molecular complexity index is 1110. The number of benzene rings is 4. The first-order chi connectivity index (χ1) is 13.7. The molecule has 0 unspecified atom stereocenters. The minimum absolute atomic E-state index is 0.0378. The van der Waals surface area contributed by atoms with Crippen molar-refractivity contribution in [1.29, 1.82) is 0 Å². The van der Waals surface area contributed by atoms with Gasteiger partial charge in [-0.2, -0.15) is 0 Å². The summed E-state index contributed by atoms with van der Waals surface area (Å²) < 4.78 is 5.96. The molecule has 0 aromatic heterocycles. The van der Waals surface area contributed by atoms with Crippen molar-refractivity contribution in [3.05, 3.63) is 102 Å². The largest absolute Gasteiger partial charge is 0.489 e. The lowest BCUT2D eigenvalue weighted by molar-refractivity contribution is 0.102. The van der Waals surface area contributed by atoms with E-state index in [2.05, 4.69) is 0 Å². The zero-order valence-electron chi connectivity index (χ0n) is 15.3. The number of carbonyl (C=O) groups is 1. The van der Waals surface area contributed by atoms with Gasteiger partial charge in [0.1, 0.15) is 12.4 Å². The first-order valence-electron chi connectivity index (χ1n) is 9.14. The van der Waals surface area contributed by atoms with Gasteiger partial charge in [-0.25, -0.2) is 0 Å². The van der Waals surface area contributed by atoms with Crippen LogP contribution in [0.5, 0.6) is 5.75 Å². The first-order valence-corrected chi connectivity index (χ1v) is 9.67. The van der Waals surface area contributed by atoms with Gasteiger partial charge in [-0.1, -0.05) is 66.7 Å². The van der Waals surface area contributed by atoms with E-state index in [0.717, 1.165) is 33.2 Å². The van der Waals surface area contributed by atoms with Crippen molar-refractivity contribution in [2.75, 3.05) is 5.88 Å². The van der Waals surface area contributed by atoms with E-state index in [1.54, 1.807) is 0 Å². The van der Waals surface area contributed by atoms with E-state index in [4.69, 9.17) is 16.3 Å². The molecule has 4 aromatic carbocycles. The number of carbonyl (C=O) groups excluding carboxylic acids is 1. The number of hydrogen-bond donors (Lipinski definition) is 0. The number of ketones is 1. The highest BCUT2D eigenvalue weighted by molar-refractivity contribution is 6.30. The van der Waals surface area contributed by atoms with Crippen LogP contribution in [0, 0.1) is 0 Å². The van der Waals surface area contributed by atoms with E-state index in [1.807, 2.05) is 91.0 Å². The normalized spacial score (nSPS) is 10.8. The third kappa shape index (κ3) is 3.92. The van der Waals surface area contributed by atoms with Crippen molar-refractivity contribution in [3.63, 3.8) is 0 Å². The Kier molecular flexibility index (Phi) is 5.41. The van der Waals surface area contributed by atoms with Crippen LogP contribution in [0.3, 0.4) is 0 Å². The fourth-order valence-electron chi connectivity index (χ4n) is 3.27. The van der Waals surface area contributed by atoms with E-state index in [9.17, 15) is 4.79 Å². The maximum atomic E-state index is 12.3. The van der Waals surface area contributed by atoms with Gasteiger partial charge in [-0.3, -0.25) is 4.79 Å². The summed E-state index contributed by atoms with van der Waals surface area (Å²) in [6.07, 6.45) is 0. The molecule has 0 atom stereocenters. The van der Waals surface area contributed by atoms with Crippen molar-refractivity contribution < 1.29 is 9.53 Å². The molecule has 0 saturated carbocycles. The molecule has 0 spiro atoms. The van der Waals surface area contributed by atoms with Crippen LogP contribution in [-0.2, 0) is 6.61 Å². The molecule has 28 heavy (non-hydrogen) atoms. The molecule has 0 bridgehead atoms. The molecular weight excluding hydrogens is 368 g/mol. The molecule has 4 aromatic rings. The Morgan fingerprint density at radius 1 is 0.821 bits per heavy atom. The molecule has 138 valence electrons. The number of halogens is 1. The summed E-state index contributed by atoms with van der Waals surface area (Å²) in [5.41, 5.74) is 3.80. The van der Waals surface area contributed by atoms with Gasteiger partial charge in [0.2, 0.25) is 0 Å². The first kappa shape index (κ1) is 18.3. The van der Waals surface area contributed by atoms with Gasteiger partial charge in [-0.05, 0) is 51.7 Å². The van der Waals surface area contributed by atoms with Crippen molar-refractivity contribution in [3.8, 4) is 16.9 Å². The quantitative estimate of drug-likeness (QED) is 0.279. The Balaban J connectivity index is 1.75. The molecule has 0 N–H and O–H groups in total. The fourth-order valence-corrected chi connectivity index (χ4v) is 3.43. The summed E-state index contributed by atoms with van der Waals surface area (Å²) in [7, 11) is 0. The monoisotopic (exact) mass is 386 g/mol. The minimum atomic E-state index is -0.0867. The maximum absolute atomic E-state index is 12.3. The SMILES string of the molecule is O=C(CCl)c1cc(-c2ccccc2)c2ccc(OCc3ccccc3)cc2c1. The van der Waals surface area contributed by atoms with Crippen LogP contribution in [0.2, 0.25) is 0 Å². The molecule has 0 aliphatic heterocycles. The van der Waals surface area contributed by atoms with Crippen LogP contribution in [0.4, 0.5) is 0 Å². The standard InChI is InChI=1S/C25H19ClO2/c26-16-25(27)21-13-20-14-22(28-17-18-7-3-1-4-8-18)11-12-23(20)24(15-21)19-9-5-2-6-10-19/h1-15H,16-17H2. The summed E-state index contributed by atoms with van der Waals surface area (Å²) >= 11 is 5.81. The topological polar surface area (TPSA) is 26.3 Å². The van der Waals surface area contributed by atoms with Gasteiger partial charge in [0.25, 0.3) is 0 Å². The van der Waals surface area contributed by atoms with Crippen molar-refractivity contribution in [1.82, 2.24) is 0 Å². The van der Waals surface area contributed by atoms with Crippen LogP contribution in [0.1, 0.15) is 15.9 Å². The average Bonchev–Trinajstić information content (AvgIpc) is 2.77. The molecular formula is C25H19ClO2. The Morgan fingerprint density at radius 2 is 1.54 bits per heavy atom. The zero-order valence-corrected chi connectivity index (χ0v) is 16.0. The summed E-state index contributed by atoms with van der Waals surface area (Å²) in [6.45, 7) is 0.498. The van der Waals surface area contributed by atoms with Gasteiger partial charge in [-0.15, -0.1) is 11.6 Å². The molecule has 0 aliphatic carbocycles. The van der Waals surface area contributed by atoms with Crippen LogP contribution < -0.4 is 4.74 Å². The lowest BCUT2D eigenvalue weighted by Gasteiger charge is -2.12. The van der Waals surface area contributed by atoms with E-state index < -0.39 is 0 Å². The molecule has 2 nitrogen and oxygen atoms in total. The Labute approximate surface area is 169 Å².